The van der Waals surface area contributed by atoms with E-state index in [1.807, 2.05) is 30.3 Å². The molecular weight excluding hydrogens is 516 g/mol. The molecule has 0 saturated carbocycles. The average molecular weight is 551 g/mol. The molecular formula is C31H34O7S. The van der Waals surface area contributed by atoms with E-state index in [9.17, 15) is 23.1 Å². The van der Waals surface area contributed by atoms with Crippen molar-refractivity contribution in [2.45, 2.75) is 37.9 Å². The van der Waals surface area contributed by atoms with Gasteiger partial charge < -0.3 is 14.6 Å². The lowest BCUT2D eigenvalue weighted by Gasteiger charge is -2.20. The van der Waals surface area contributed by atoms with Crippen LogP contribution in [0.25, 0.3) is 0 Å². The second-order valence-corrected chi connectivity index (χ2v) is 12.2. The molecule has 4 bridgehead atoms. The minimum absolute atomic E-state index is 0.164. The first kappa shape index (κ1) is 28.4. The van der Waals surface area contributed by atoms with Gasteiger partial charge in [-0.05, 0) is 66.6 Å². The number of benzene rings is 3. The molecule has 0 saturated heterocycles. The zero-order valence-corrected chi connectivity index (χ0v) is 22.6. The fourth-order valence-corrected chi connectivity index (χ4v) is 6.45. The van der Waals surface area contributed by atoms with Crippen LogP contribution in [0.2, 0.25) is 0 Å². The van der Waals surface area contributed by atoms with E-state index in [1.165, 1.54) is 0 Å². The van der Waals surface area contributed by atoms with E-state index in [2.05, 4.69) is 0 Å². The molecule has 0 radical (unpaired) electrons. The second-order valence-electron chi connectivity index (χ2n) is 10.0. The Morgan fingerprint density at radius 3 is 1.85 bits per heavy atom. The van der Waals surface area contributed by atoms with Crippen LogP contribution in [0.4, 0.5) is 0 Å². The third-order valence-corrected chi connectivity index (χ3v) is 8.51. The van der Waals surface area contributed by atoms with Crippen LogP contribution in [-0.2, 0) is 38.0 Å². The summed E-state index contributed by atoms with van der Waals surface area (Å²) >= 11 is 0. The van der Waals surface area contributed by atoms with Gasteiger partial charge >= 0.3 is 5.97 Å². The minimum Gasteiger partial charge on any atom is -0.494 e. The predicted octanol–water partition coefficient (Wildman–Crippen LogP) is 4.91. The Bertz CT molecular complexity index is 1330. The molecule has 7 nitrogen and oxygen atoms in total. The van der Waals surface area contributed by atoms with Crippen LogP contribution in [-0.4, -0.2) is 44.2 Å². The summed E-state index contributed by atoms with van der Waals surface area (Å²) < 4.78 is 37.9. The van der Waals surface area contributed by atoms with Crippen LogP contribution in [0.3, 0.4) is 0 Å². The van der Waals surface area contributed by atoms with Gasteiger partial charge in [0.25, 0.3) is 0 Å². The fraction of sp³-hybridized carbons (Fsp3) is 0.355. The quantitative estimate of drug-likeness (QED) is 0.481. The number of ketones is 1. The molecule has 7 rings (SSSR count). The largest absolute Gasteiger partial charge is 0.494 e. The maximum Gasteiger partial charge on any atom is 0.307 e. The summed E-state index contributed by atoms with van der Waals surface area (Å²) in [5, 5.41) is 9.91. The van der Waals surface area contributed by atoms with Crippen molar-refractivity contribution in [3.05, 3.63) is 95.6 Å². The summed E-state index contributed by atoms with van der Waals surface area (Å²) in [5.41, 5.74) is 2.21. The van der Waals surface area contributed by atoms with Gasteiger partial charge in [0.1, 0.15) is 17.3 Å². The van der Waals surface area contributed by atoms with Crippen LogP contribution in [0, 0.1) is 11.8 Å². The van der Waals surface area contributed by atoms with E-state index in [4.69, 9.17) is 9.47 Å². The Balaban J connectivity index is 1.59. The summed E-state index contributed by atoms with van der Waals surface area (Å²) in [5.74, 6) is -2.43. The van der Waals surface area contributed by atoms with Crippen molar-refractivity contribution in [2.75, 3.05) is 19.0 Å². The highest BCUT2D eigenvalue weighted by atomic mass is 32.2. The van der Waals surface area contributed by atoms with Crippen molar-refractivity contribution >= 4 is 21.6 Å². The van der Waals surface area contributed by atoms with Gasteiger partial charge in [0.05, 0.1) is 30.6 Å². The number of carbonyl (C=O) groups is 2. The van der Waals surface area contributed by atoms with Gasteiger partial charge in [0, 0.05) is 12.3 Å². The lowest BCUT2D eigenvalue weighted by molar-refractivity contribution is -0.144. The molecule has 4 heterocycles. The maximum absolute atomic E-state index is 13.5. The smallest absolute Gasteiger partial charge is 0.307 e. The van der Waals surface area contributed by atoms with Gasteiger partial charge in [0.2, 0.25) is 0 Å². The van der Waals surface area contributed by atoms with Crippen molar-refractivity contribution in [3.8, 4) is 11.5 Å². The molecule has 4 aliphatic heterocycles. The number of hydrogen-bond donors (Lipinski definition) is 1. The number of aliphatic carboxylic acids is 1. The van der Waals surface area contributed by atoms with E-state index in [1.54, 1.807) is 48.5 Å². The van der Waals surface area contributed by atoms with Gasteiger partial charge in [0.15, 0.2) is 9.84 Å². The highest BCUT2D eigenvalue weighted by Gasteiger charge is 2.30. The number of sulfone groups is 1. The first-order chi connectivity index (χ1) is 18.8. The monoisotopic (exact) mass is 550 g/mol. The molecule has 8 heteroatoms. The molecule has 0 aliphatic carbocycles. The molecule has 0 aromatic heterocycles. The standard InChI is InChI=1S/C31H34O7S/c32-30-20-26(31(33)34)18-23-8-12-28(13-9-23)37-16-4-5-17-38-29-14-10-24(11-15-29)19-27(30)22-39(35,36)21-25-6-2-1-3-7-25/h1-3,6-15,26-27H,4-5,16-22H2,(H,33,34)/t26-,27+/m1/s1. The molecule has 39 heavy (non-hydrogen) atoms. The number of carboxylic acid groups (broad SMARTS) is 1. The SMILES string of the molecule is O=C(O)[C@H]1CC(=O)[C@H](CS(=O)(=O)Cc2ccccc2)Cc2ccc(cc2)OCCCCOc2ccc(cc2)C1. The summed E-state index contributed by atoms with van der Waals surface area (Å²) in [4.78, 5) is 25.6. The maximum atomic E-state index is 13.5. The highest BCUT2D eigenvalue weighted by molar-refractivity contribution is 7.90. The van der Waals surface area contributed by atoms with Crippen LogP contribution in [0.15, 0.2) is 78.9 Å². The van der Waals surface area contributed by atoms with Crippen molar-refractivity contribution in [1.82, 2.24) is 0 Å². The molecule has 0 spiro atoms. The number of ether oxygens (including phenoxy) is 2. The van der Waals surface area contributed by atoms with Crippen molar-refractivity contribution in [1.29, 1.82) is 0 Å². The lowest BCUT2D eigenvalue weighted by atomic mass is 9.88. The molecule has 0 fully saturated rings. The van der Waals surface area contributed by atoms with Crippen LogP contribution in [0.5, 0.6) is 11.5 Å². The van der Waals surface area contributed by atoms with Gasteiger partial charge in [-0.3, -0.25) is 9.59 Å². The van der Waals surface area contributed by atoms with Crippen LogP contribution in [0.1, 0.15) is 36.0 Å². The fourth-order valence-electron chi connectivity index (χ4n) is 4.71. The van der Waals surface area contributed by atoms with Crippen molar-refractivity contribution in [3.63, 3.8) is 0 Å². The van der Waals surface area contributed by atoms with Gasteiger partial charge in [-0.2, -0.15) is 0 Å². The summed E-state index contributed by atoms with van der Waals surface area (Å²) in [6.07, 6.45) is 1.75. The third kappa shape index (κ3) is 8.96. The summed E-state index contributed by atoms with van der Waals surface area (Å²) in [6.45, 7) is 1.08. The van der Waals surface area contributed by atoms with E-state index in [0.717, 1.165) is 24.0 Å². The first-order valence-electron chi connectivity index (χ1n) is 13.2. The van der Waals surface area contributed by atoms with E-state index < -0.39 is 27.6 Å². The number of rotatable bonds is 5. The summed E-state index contributed by atoms with van der Waals surface area (Å²) in [7, 11) is -3.64. The lowest BCUT2D eigenvalue weighted by Crippen LogP contribution is -2.30. The Labute approximate surface area is 229 Å². The second kappa shape index (κ2) is 13.4. The van der Waals surface area contributed by atoms with Crippen molar-refractivity contribution in [2.24, 2.45) is 11.8 Å². The Morgan fingerprint density at radius 1 is 0.769 bits per heavy atom. The van der Waals surface area contributed by atoms with Crippen LogP contribution >= 0.6 is 0 Å². The van der Waals surface area contributed by atoms with E-state index in [0.29, 0.717) is 30.3 Å². The third-order valence-electron chi connectivity index (χ3n) is 6.82. The highest BCUT2D eigenvalue weighted by Crippen LogP contribution is 2.24. The molecule has 2 atom stereocenters. The Hall–Kier alpha value is -3.65. The Kier molecular flexibility index (Phi) is 9.76. The normalized spacial score (nSPS) is 19.1. The predicted molar refractivity (Wildman–Crippen MR) is 149 cm³/mol. The van der Waals surface area contributed by atoms with Crippen LogP contribution < -0.4 is 9.47 Å². The molecule has 1 N–H and O–H groups in total. The molecule has 0 amide bonds. The van der Waals surface area contributed by atoms with E-state index in [-0.39, 0.29) is 36.6 Å². The molecule has 0 unspecified atom stereocenters. The number of carboxylic acids is 1. The van der Waals surface area contributed by atoms with Gasteiger partial charge in [-0.15, -0.1) is 0 Å². The van der Waals surface area contributed by atoms with Gasteiger partial charge in [-0.25, -0.2) is 8.42 Å². The number of Topliss-reactive ketones (excluding diaryl/α,β-unsaturated/α-hetero) is 1. The number of carbonyl (C=O) groups excluding carboxylic acids is 1. The minimum atomic E-state index is -3.64. The summed E-state index contributed by atoms with van der Waals surface area (Å²) in [6, 6.07) is 23.3. The molecule has 3 aromatic rings. The zero-order chi connectivity index (χ0) is 27.7. The molecule has 3 aromatic carbocycles. The zero-order valence-electron chi connectivity index (χ0n) is 21.8. The van der Waals surface area contributed by atoms with Gasteiger partial charge in [-0.1, -0.05) is 54.6 Å². The molecule has 4 aliphatic rings. The first-order valence-corrected chi connectivity index (χ1v) is 15.0. The Morgan fingerprint density at radius 2 is 1.31 bits per heavy atom. The topological polar surface area (TPSA) is 107 Å². The average Bonchev–Trinajstić information content (AvgIpc) is 2.91. The molecule has 206 valence electrons. The number of hydrogen-bond acceptors (Lipinski definition) is 6. The van der Waals surface area contributed by atoms with E-state index >= 15 is 0 Å². The van der Waals surface area contributed by atoms with Crippen molar-refractivity contribution < 1.29 is 32.6 Å².